The summed E-state index contributed by atoms with van der Waals surface area (Å²) in [5, 5.41) is 2.50. The van der Waals surface area contributed by atoms with E-state index in [1.807, 2.05) is 0 Å². The van der Waals surface area contributed by atoms with Gasteiger partial charge in [0.15, 0.2) is 0 Å². The average molecular weight is 394 g/mol. The predicted molar refractivity (Wildman–Crippen MR) is 97.7 cm³/mol. The second-order valence-electron chi connectivity index (χ2n) is 5.90. The van der Waals surface area contributed by atoms with Crippen molar-refractivity contribution >= 4 is 27.6 Å². The van der Waals surface area contributed by atoms with E-state index in [9.17, 15) is 22.4 Å². The van der Waals surface area contributed by atoms with Crippen molar-refractivity contribution in [3.05, 3.63) is 58.9 Å². The van der Waals surface area contributed by atoms with Crippen molar-refractivity contribution in [3.8, 4) is 0 Å². The number of ether oxygens (including phenoxy) is 1. The number of benzene rings is 2. The van der Waals surface area contributed by atoms with Crippen LogP contribution in [0.3, 0.4) is 0 Å². The minimum atomic E-state index is -3.83. The molecule has 0 aliphatic rings. The molecular weight excluding hydrogens is 375 g/mol. The number of halogens is 1. The number of nitrogens with zero attached hydrogens (tertiary/aromatic N) is 1. The van der Waals surface area contributed by atoms with E-state index >= 15 is 0 Å². The molecule has 0 spiro atoms. The molecule has 2 aromatic rings. The van der Waals surface area contributed by atoms with Crippen LogP contribution in [0.15, 0.2) is 41.3 Å². The Morgan fingerprint density at radius 1 is 1.11 bits per heavy atom. The molecule has 1 N–H and O–H groups in total. The molecule has 27 heavy (non-hydrogen) atoms. The number of methoxy groups -OCH3 is 1. The number of hydrogen-bond acceptors (Lipinski definition) is 5. The largest absolute Gasteiger partial charge is 0.465 e. The molecule has 9 heteroatoms. The van der Waals surface area contributed by atoms with Crippen molar-refractivity contribution in [3.63, 3.8) is 0 Å². The highest BCUT2D eigenvalue weighted by atomic mass is 32.2. The first kappa shape index (κ1) is 20.5. The van der Waals surface area contributed by atoms with Crippen molar-refractivity contribution in [2.24, 2.45) is 0 Å². The highest BCUT2D eigenvalue weighted by Gasteiger charge is 2.22. The molecular formula is C18H19FN2O5S. The van der Waals surface area contributed by atoms with Crippen molar-refractivity contribution in [1.29, 1.82) is 0 Å². The Bertz CT molecular complexity index is 1000. The highest BCUT2D eigenvalue weighted by molar-refractivity contribution is 7.89. The summed E-state index contributed by atoms with van der Waals surface area (Å²) in [4.78, 5) is 23.9. The van der Waals surface area contributed by atoms with Crippen LogP contribution in [0.5, 0.6) is 0 Å². The average Bonchev–Trinajstić information content (AvgIpc) is 2.62. The van der Waals surface area contributed by atoms with Crippen LogP contribution in [-0.2, 0) is 14.8 Å². The number of carbonyl (C=O) groups is 2. The molecule has 2 rings (SSSR count). The van der Waals surface area contributed by atoms with E-state index in [4.69, 9.17) is 0 Å². The standard InChI is InChI=1S/C18H19FN2O5S/c1-11-5-6-12(18(23)26-4)9-16(11)20-17(22)14-10-13(7-8-15(14)19)27(24,25)21(2)3/h5-10H,1-4H3,(H,20,22). The lowest BCUT2D eigenvalue weighted by Crippen LogP contribution is -2.23. The quantitative estimate of drug-likeness (QED) is 0.787. The van der Waals surface area contributed by atoms with Crippen molar-refractivity contribution in [2.75, 3.05) is 26.5 Å². The van der Waals surface area contributed by atoms with Crippen LogP contribution in [-0.4, -0.2) is 45.8 Å². The first-order valence-electron chi connectivity index (χ1n) is 7.80. The molecule has 0 aromatic heterocycles. The Morgan fingerprint density at radius 2 is 1.78 bits per heavy atom. The van der Waals surface area contributed by atoms with Crippen LogP contribution in [0, 0.1) is 12.7 Å². The summed E-state index contributed by atoms with van der Waals surface area (Å²) >= 11 is 0. The summed E-state index contributed by atoms with van der Waals surface area (Å²) in [5.41, 5.74) is 0.695. The number of rotatable bonds is 5. The molecule has 0 fully saturated rings. The summed E-state index contributed by atoms with van der Waals surface area (Å²) < 4.78 is 44.1. The van der Waals surface area contributed by atoms with Gasteiger partial charge in [0.25, 0.3) is 5.91 Å². The Kier molecular flexibility index (Phi) is 5.97. The zero-order valence-electron chi connectivity index (χ0n) is 15.2. The lowest BCUT2D eigenvalue weighted by molar-refractivity contribution is 0.0600. The second-order valence-corrected chi connectivity index (χ2v) is 8.06. The molecule has 0 saturated heterocycles. The summed E-state index contributed by atoms with van der Waals surface area (Å²) in [7, 11) is 0.0690. The van der Waals surface area contributed by atoms with E-state index < -0.39 is 33.3 Å². The van der Waals surface area contributed by atoms with Gasteiger partial charge in [0.1, 0.15) is 5.82 Å². The molecule has 0 heterocycles. The minimum Gasteiger partial charge on any atom is -0.465 e. The number of carbonyl (C=O) groups excluding carboxylic acids is 2. The van der Waals surface area contributed by atoms with Gasteiger partial charge < -0.3 is 10.1 Å². The fourth-order valence-corrected chi connectivity index (χ4v) is 3.17. The van der Waals surface area contributed by atoms with Gasteiger partial charge in [-0.25, -0.2) is 21.9 Å². The van der Waals surface area contributed by atoms with Crippen molar-refractivity contribution in [2.45, 2.75) is 11.8 Å². The number of sulfonamides is 1. The number of esters is 1. The van der Waals surface area contributed by atoms with Gasteiger partial charge in [-0.05, 0) is 42.8 Å². The number of amides is 1. The van der Waals surface area contributed by atoms with E-state index in [0.717, 1.165) is 22.5 Å². The zero-order chi connectivity index (χ0) is 20.4. The van der Waals surface area contributed by atoms with Gasteiger partial charge in [-0.2, -0.15) is 0 Å². The first-order chi connectivity index (χ1) is 12.6. The van der Waals surface area contributed by atoms with Gasteiger partial charge in [-0.1, -0.05) is 6.07 Å². The summed E-state index contributed by atoms with van der Waals surface area (Å²) in [6.45, 7) is 1.69. The fourth-order valence-electron chi connectivity index (χ4n) is 2.24. The Hall–Kier alpha value is -2.78. The van der Waals surface area contributed by atoms with E-state index in [0.29, 0.717) is 5.56 Å². The molecule has 2 aromatic carbocycles. The molecule has 7 nitrogen and oxygen atoms in total. The molecule has 0 saturated carbocycles. The third-order valence-electron chi connectivity index (χ3n) is 3.87. The van der Waals surface area contributed by atoms with Gasteiger partial charge in [-0.3, -0.25) is 4.79 Å². The summed E-state index contributed by atoms with van der Waals surface area (Å²) in [6, 6.07) is 7.51. The SMILES string of the molecule is COC(=O)c1ccc(C)c(NC(=O)c2cc(S(=O)(=O)N(C)C)ccc2F)c1. The summed E-state index contributed by atoms with van der Waals surface area (Å²) in [6.07, 6.45) is 0. The third kappa shape index (κ3) is 4.32. The van der Waals surface area contributed by atoms with Crippen LogP contribution < -0.4 is 5.32 Å². The molecule has 0 unspecified atom stereocenters. The Balaban J connectivity index is 2.41. The molecule has 0 atom stereocenters. The maximum absolute atomic E-state index is 14.1. The molecule has 144 valence electrons. The van der Waals surface area contributed by atoms with Crippen LogP contribution in [0.25, 0.3) is 0 Å². The van der Waals surface area contributed by atoms with Gasteiger partial charge in [-0.15, -0.1) is 0 Å². The zero-order valence-corrected chi connectivity index (χ0v) is 16.1. The monoisotopic (exact) mass is 394 g/mol. The Labute approximate surface area is 156 Å². The minimum absolute atomic E-state index is 0.209. The highest BCUT2D eigenvalue weighted by Crippen LogP contribution is 2.21. The molecule has 1 amide bonds. The number of hydrogen-bond donors (Lipinski definition) is 1. The third-order valence-corrected chi connectivity index (χ3v) is 5.68. The van der Waals surface area contributed by atoms with Gasteiger partial charge in [0, 0.05) is 19.8 Å². The molecule has 0 bridgehead atoms. The predicted octanol–water partition coefficient (Wildman–Crippen LogP) is 2.42. The maximum atomic E-state index is 14.1. The van der Waals surface area contributed by atoms with E-state index in [1.165, 1.54) is 33.3 Å². The van der Waals surface area contributed by atoms with Gasteiger partial charge in [0.2, 0.25) is 10.0 Å². The van der Waals surface area contributed by atoms with E-state index in [2.05, 4.69) is 10.1 Å². The number of anilines is 1. The normalized spacial score (nSPS) is 11.3. The smallest absolute Gasteiger partial charge is 0.337 e. The Morgan fingerprint density at radius 3 is 2.37 bits per heavy atom. The lowest BCUT2D eigenvalue weighted by Gasteiger charge is -2.14. The topological polar surface area (TPSA) is 92.8 Å². The van der Waals surface area contributed by atoms with E-state index in [1.54, 1.807) is 13.0 Å². The number of aryl methyl sites for hydroxylation is 1. The van der Waals surface area contributed by atoms with Gasteiger partial charge in [0.05, 0.1) is 23.1 Å². The van der Waals surface area contributed by atoms with E-state index in [-0.39, 0.29) is 16.1 Å². The maximum Gasteiger partial charge on any atom is 0.337 e. The second kappa shape index (κ2) is 7.85. The lowest BCUT2D eigenvalue weighted by atomic mass is 10.1. The summed E-state index contributed by atoms with van der Waals surface area (Å²) in [5.74, 6) is -2.30. The molecule has 0 aliphatic carbocycles. The fraction of sp³-hybridized carbons (Fsp3) is 0.222. The van der Waals surface area contributed by atoms with Crippen LogP contribution >= 0.6 is 0 Å². The number of nitrogens with one attached hydrogen (secondary N) is 1. The van der Waals surface area contributed by atoms with Crippen LogP contribution in [0.4, 0.5) is 10.1 Å². The first-order valence-corrected chi connectivity index (χ1v) is 9.24. The van der Waals surface area contributed by atoms with Gasteiger partial charge >= 0.3 is 5.97 Å². The molecule has 0 radical (unpaired) electrons. The van der Waals surface area contributed by atoms with Crippen LogP contribution in [0.2, 0.25) is 0 Å². The van der Waals surface area contributed by atoms with Crippen molar-refractivity contribution in [1.82, 2.24) is 4.31 Å². The molecule has 0 aliphatic heterocycles. The van der Waals surface area contributed by atoms with Crippen molar-refractivity contribution < 1.29 is 27.1 Å². The van der Waals surface area contributed by atoms with Crippen LogP contribution in [0.1, 0.15) is 26.3 Å².